The Balaban J connectivity index is 3.30. The van der Waals surface area contributed by atoms with Gasteiger partial charge in [0.25, 0.3) is 0 Å². The molecule has 198 valence electrons. The first-order valence-corrected chi connectivity index (χ1v) is 12.0. The molecule has 0 heterocycles. The number of carbonyl (C=O) groups is 4. The van der Waals surface area contributed by atoms with Gasteiger partial charge >= 0.3 is 12.1 Å². The standard InChI is InChI=1S/C27H39N3O6/c1-9-19-12-14-20(15-13-19)23(24(33)28-17-16-22(32)35-11-3)30(27(7,8)10-2)21(31)18-29-25(34)36-26(4,5)6/h1,12-15,23H,10-11,16-18H2,2-8H3,(H,28,33)(H,29,34). The van der Waals surface area contributed by atoms with Crippen LogP contribution in [0.4, 0.5) is 4.79 Å². The number of alkyl carbamates (subject to hydrolysis) is 1. The van der Waals surface area contributed by atoms with E-state index in [1.54, 1.807) is 52.0 Å². The van der Waals surface area contributed by atoms with Crippen LogP contribution in [0.5, 0.6) is 0 Å². The fourth-order valence-corrected chi connectivity index (χ4v) is 3.35. The van der Waals surface area contributed by atoms with E-state index in [-0.39, 0.29) is 26.1 Å². The first kappa shape index (κ1) is 30.5. The first-order chi connectivity index (χ1) is 16.8. The zero-order valence-electron chi connectivity index (χ0n) is 22.4. The Morgan fingerprint density at radius 2 is 1.64 bits per heavy atom. The van der Waals surface area contributed by atoms with E-state index in [1.807, 2.05) is 20.8 Å². The molecule has 0 saturated carbocycles. The number of nitrogens with zero attached hydrogens (tertiary/aromatic N) is 1. The molecule has 0 aliphatic carbocycles. The van der Waals surface area contributed by atoms with Crippen LogP contribution in [-0.4, -0.2) is 59.6 Å². The number of hydrogen-bond donors (Lipinski definition) is 2. The van der Waals surface area contributed by atoms with Crippen molar-refractivity contribution in [2.75, 3.05) is 19.7 Å². The van der Waals surface area contributed by atoms with E-state index in [0.29, 0.717) is 17.5 Å². The van der Waals surface area contributed by atoms with Crippen molar-refractivity contribution in [2.45, 2.75) is 78.5 Å². The Hall–Kier alpha value is -3.54. The Kier molecular flexibility index (Phi) is 11.5. The summed E-state index contributed by atoms with van der Waals surface area (Å²) >= 11 is 0. The van der Waals surface area contributed by atoms with Gasteiger partial charge in [-0.25, -0.2) is 4.79 Å². The number of terminal acetylenes is 1. The third-order valence-corrected chi connectivity index (χ3v) is 5.40. The van der Waals surface area contributed by atoms with Crippen LogP contribution in [0.25, 0.3) is 0 Å². The van der Waals surface area contributed by atoms with Gasteiger partial charge in [0.2, 0.25) is 11.8 Å². The summed E-state index contributed by atoms with van der Waals surface area (Å²) < 4.78 is 10.1. The zero-order chi connectivity index (χ0) is 27.5. The van der Waals surface area contributed by atoms with Crippen molar-refractivity contribution in [1.82, 2.24) is 15.5 Å². The molecule has 1 aromatic rings. The van der Waals surface area contributed by atoms with E-state index < -0.39 is 41.1 Å². The quantitative estimate of drug-likeness (QED) is 0.355. The molecule has 1 atom stereocenters. The minimum absolute atomic E-state index is 0.00630. The number of rotatable bonds is 11. The average molecular weight is 502 g/mol. The summed E-state index contributed by atoms with van der Waals surface area (Å²) in [5.74, 6) is 1.15. The van der Waals surface area contributed by atoms with Crippen molar-refractivity contribution in [1.29, 1.82) is 0 Å². The number of hydrogen-bond acceptors (Lipinski definition) is 6. The van der Waals surface area contributed by atoms with Crippen molar-refractivity contribution in [3.63, 3.8) is 0 Å². The van der Waals surface area contributed by atoms with Gasteiger partial charge in [0, 0.05) is 17.6 Å². The lowest BCUT2D eigenvalue weighted by Crippen LogP contribution is -2.56. The van der Waals surface area contributed by atoms with Crippen LogP contribution in [0.3, 0.4) is 0 Å². The largest absolute Gasteiger partial charge is 0.466 e. The molecular formula is C27H39N3O6. The van der Waals surface area contributed by atoms with E-state index in [2.05, 4.69) is 16.6 Å². The molecule has 3 amide bonds. The summed E-state index contributed by atoms with van der Waals surface area (Å²) in [6.45, 7) is 12.4. The molecule has 0 aromatic heterocycles. The Morgan fingerprint density at radius 1 is 1.03 bits per heavy atom. The average Bonchev–Trinajstić information content (AvgIpc) is 2.80. The van der Waals surface area contributed by atoms with Crippen LogP contribution in [-0.2, 0) is 23.9 Å². The monoisotopic (exact) mass is 501 g/mol. The predicted octanol–water partition coefficient (Wildman–Crippen LogP) is 3.32. The van der Waals surface area contributed by atoms with Gasteiger partial charge in [0.05, 0.1) is 13.0 Å². The molecule has 0 spiro atoms. The smallest absolute Gasteiger partial charge is 0.408 e. The van der Waals surface area contributed by atoms with Crippen molar-refractivity contribution >= 4 is 23.9 Å². The highest BCUT2D eigenvalue weighted by Gasteiger charge is 2.40. The van der Waals surface area contributed by atoms with Gasteiger partial charge in [-0.3, -0.25) is 14.4 Å². The maximum absolute atomic E-state index is 13.5. The number of esters is 1. The summed E-state index contributed by atoms with van der Waals surface area (Å²) in [5, 5.41) is 5.22. The maximum Gasteiger partial charge on any atom is 0.408 e. The van der Waals surface area contributed by atoms with Crippen LogP contribution >= 0.6 is 0 Å². The van der Waals surface area contributed by atoms with Crippen molar-refractivity contribution in [2.24, 2.45) is 0 Å². The van der Waals surface area contributed by atoms with Crippen molar-refractivity contribution in [3.8, 4) is 12.3 Å². The summed E-state index contributed by atoms with van der Waals surface area (Å²) in [7, 11) is 0. The third kappa shape index (κ3) is 9.61. The summed E-state index contributed by atoms with van der Waals surface area (Å²) in [6.07, 6.45) is 5.26. The number of ether oxygens (including phenoxy) is 2. The maximum atomic E-state index is 13.5. The number of benzene rings is 1. The Morgan fingerprint density at radius 3 is 2.14 bits per heavy atom. The Bertz CT molecular complexity index is 957. The minimum atomic E-state index is -1.04. The fourth-order valence-electron chi connectivity index (χ4n) is 3.35. The molecule has 0 fully saturated rings. The molecular weight excluding hydrogens is 462 g/mol. The predicted molar refractivity (Wildman–Crippen MR) is 137 cm³/mol. The molecule has 1 aromatic carbocycles. The molecule has 9 heteroatoms. The number of nitrogens with one attached hydrogen (secondary N) is 2. The Labute approximate surface area is 214 Å². The SMILES string of the molecule is C#Cc1ccc(C(C(=O)NCCC(=O)OCC)N(C(=O)CNC(=O)OC(C)(C)C)C(C)(C)CC)cc1. The van der Waals surface area contributed by atoms with Gasteiger partial charge in [-0.2, -0.15) is 0 Å². The van der Waals surface area contributed by atoms with Crippen LogP contribution in [0, 0.1) is 12.3 Å². The third-order valence-electron chi connectivity index (χ3n) is 5.40. The van der Waals surface area contributed by atoms with Crippen LogP contribution in [0.1, 0.15) is 78.5 Å². The number of carbonyl (C=O) groups excluding carboxylic acids is 4. The molecule has 1 unspecified atom stereocenters. The second-order valence-electron chi connectivity index (χ2n) is 9.80. The molecule has 2 N–H and O–H groups in total. The normalized spacial score (nSPS) is 12.1. The lowest BCUT2D eigenvalue weighted by Gasteiger charge is -2.43. The van der Waals surface area contributed by atoms with E-state index in [4.69, 9.17) is 15.9 Å². The summed E-state index contributed by atoms with van der Waals surface area (Å²) in [4.78, 5) is 52.3. The molecule has 0 aliphatic heterocycles. The molecule has 36 heavy (non-hydrogen) atoms. The van der Waals surface area contributed by atoms with E-state index in [9.17, 15) is 19.2 Å². The highest BCUT2D eigenvalue weighted by molar-refractivity contribution is 5.91. The topological polar surface area (TPSA) is 114 Å². The fraction of sp³-hybridized carbons (Fsp3) is 0.556. The lowest BCUT2D eigenvalue weighted by molar-refractivity contribution is -0.147. The van der Waals surface area contributed by atoms with Crippen LogP contribution in [0.2, 0.25) is 0 Å². The number of amides is 3. The lowest BCUT2D eigenvalue weighted by atomic mass is 9.92. The summed E-state index contributed by atoms with van der Waals surface area (Å²) in [5.41, 5.74) is -0.329. The second-order valence-corrected chi connectivity index (χ2v) is 9.80. The van der Waals surface area contributed by atoms with Crippen LogP contribution in [0.15, 0.2) is 24.3 Å². The molecule has 0 bridgehead atoms. The molecule has 0 radical (unpaired) electrons. The van der Waals surface area contributed by atoms with Crippen molar-refractivity contribution < 1.29 is 28.7 Å². The van der Waals surface area contributed by atoms with Gasteiger partial charge < -0.3 is 25.0 Å². The zero-order valence-corrected chi connectivity index (χ0v) is 22.4. The van der Waals surface area contributed by atoms with Crippen molar-refractivity contribution in [3.05, 3.63) is 35.4 Å². The van der Waals surface area contributed by atoms with E-state index in [0.717, 1.165) is 0 Å². The highest BCUT2D eigenvalue weighted by atomic mass is 16.6. The molecule has 9 nitrogen and oxygen atoms in total. The highest BCUT2D eigenvalue weighted by Crippen LogP contribution is 2.31. The van der Waals surface area contributed by atoms with Gasteiger partial charge in [-0.15, -0.1) is 6.42 Å². The van der Waals surface area contributed by atoms with Gasteiger partial charge in [-0.1, -0.05) is 25.0 Å². The van der Waals surface area contributed by atoms with E-state index in [1.165, 1.54) is 4.90 Å². The molecule has 0 saturated heterocycles. The first-order valence-electron chi connectivity index (χ1n) is 12.0. The van der Waals surface area contributed by atoms with E-state index >= 15 is 0 Å². The van der Waals surface area contributed by atoms with Gasteiger partial charge in [-0.05, 0) is 65.7 Å². The minimum Gasteiger partial charge on any atom is -0.466 e. The molecule has 1 rings (SSSR count). The van der Waals surface area contributed by atoms with Gasteiger partial charge in [0.15, 0.2) is 0 Å². The second kappa shape index (κ2) is 13.5. The summed E-state index contributed by atoms with van der Waals surface area (Å²) in [6, 6.07) is 5.72. The van der Waals surface area contributed by atoms with Gasteiger partial charge in [0.1, 0.15) is 18.2 Å². The molecule has 0 aliphatic rings. The van der Waals surface area contributed by atoms with Crippen LogP contribution < -0.4 is 10.6 Å².